The Kier molecular flexibility index (Phi) is 7.15. The monoisotopic (exact) mass is 536 g/mol. The number of halogens is 6. The molecule has 0 atom stereocenters. The smallest absolute Gasteiger partial charge is 0.416 e. The van der Waals surface area contributed by atoms with Gasteiger partial charge in [-0.05, 0) is 37.3 Å². The number of esters is 1. The molecule has 0 N–H and O–H groups in total. The molecule has 0 fully saturated rings. The molecule has 0 unspecified atom stereocenters. The van der Waals surface area contributed by atoms with Crippen molar-refractivity contribution in [2.45, 2.75) is 24.2 Å². The first-order valence-corrected chi connectivity index (χ1v) is 11.1. The average Bonchev–Trinajstić information content (AvgIpc) is 2.78. The van der Waals surface area contributed by atoms with Crippen LogP contribution >= 0.6 is 0 Å². The van der Waals surface area contributed by atoms with Crippen molar-refractivity contribution < 1.29 is 48.5 Å². The van der Waals surface area contributed by atoms with Gasteiger partial charge in [0.15, 0.2) is 5.75 Å². The molecule has 36 heavy (non-hydrogen) atoms. The number of para-hydroxylation sites is 1. The van der Waals surface area contributed by atoms with E-state index in [1.165, 1.54) is 31.2 Å². The lowest BCUT2D eigenvalue weighted by Crippen LogP contribution is -2.26. The summed E-state index contributed by atoms with van der Waals surface area (Å²) in [5, 5.41) is 3.73. The Morgan fingerprint density at radius 3 is 2.00 bits per heavy atom. The number of benzene rings is 2. The van der Waals surface area contributed by atoms with E-state index in [1.54, 1.807) is 6.07 Å². The molecule has 0 saturated heterocycles. The highest BCUT2D eigenvalue weighted by Gasteiger charge is 2.39. The maximum Gasteiger partial charge on any atom is 0.416 e. The van der Waals surface area contributed by atoms with Gasteiger partial charge in [-0.15, -0.1) is 0 Å². The minimum absolute atomic E-state index is 0.0762. The van der Waals surface area contributed by atoms with Gasteiger partial charge in [-0.1, -0.05) is 18.2 Å². The first kappa shape index (κ1) is 26.7. The average molecular weight is 536 g/mol. The molecule has 1 aromatic heterocycles. The molecule has 3 aromatic rings. The molecule has 0 saturated carbocycles. The number of ether oxygens (including phenoxy) is 1. The third-order valence-corrected chi connectivity index (χ3v) is 5.63. The third kappa shape index (κ3) is 5.84. The summed E-state index contributed by atoms with van der Waals surface area (Å²) in [6, 6.07) is 7.55. The summed E-state index contributed by atoms with van der Waals surface area (Å²) in [4.78, 5) is 23.4. The summed E-state index contributed by atoms with van der Waals surface area (Å²) in [6.07, 6.45) is -10.7. The Bertz CT molecular complexity index is 1420. The van der Waals surface area contributed by atoms with Crippen LogP contribution in [0.1, 0.15) is 28.5 Å². The van der Waals surface area contributed by atoms with E-state index in [-0.39, 0.29) is 30.5 Å². The number of nitrogens with zero attached hydrogens (tertiary/aromatic N) is 2. The summed E-state index contributed by atoms with van der Waals surface area (Å²) < 4.78 is 114. The Balaban J connectivity index is 2.17. The molecule has 15 heteroatoms. The zero-order valence-corrected chi connectivity index (χ0v) is 18.7. The van der Waals surface area contributed by atoms with Gasteiger partial charge in [-0.2, -0.15) is 44.5 Å². The van der Waals surface area contributed by atoms with Crippen molar-refractivity contribution in [3.63, 3.8) is 0 Å². The van der Waals surface area contributed by atoms with E-state index in [4.69, 9.17) is 4.74 Å². The Hall–Kier alpha value is -3.88. The van der Waals surface area contributed by atoms with Crippen molar-refractivity contribution >= 4 is 16.1 Å². The lowest BCUT2D eigenvalue weighted by Gasteiger charge is -2.15. The topological polar surface area (TPSA) is 105 Å². The molecular weight excluding hydrogens is 522 g/mol. The van der Waals surface area contributed by atoms with Crippen molar-refractivity contribution in [1.82, 2.24) is 9.78 Å². The maximum absolute atomic E-state index is 13.1. The largest absolute Gasteiger partial charge is 0.461 e. The van der Waals surface area contributed by atoms with Crippen molar-refractivity contribution in [3.8, 4) is 11.4 Å². The number of hydrogen-bond donors (Lipinski definition) is 0. The first-order chi connectivity index (χ1) is 16.6. The van der Waals surface area contributed by atoms with Crippen LogP contribution < -0.4 is 9.74 Å². The minimum Gasteiger partial charge on any atom is -0.461 e. The van der Waals surface area contributed by atoms with Gasteiger partial charge in [-0.25, -0.2) is 4.79 Å². The molecule has 0 bridgehead atoms. The van der Waals surface area contributed by atoms with E-state index in [0.29, 0.717) is 10.7 Å². The summed E-state index contributed by atoms with van der Waals surface area (Å²) in [5.41, 5.74) is -5.58. The molecule has 0 radical (unpaired) electrons. The molecule has 0 amide bonds. The van der Waals surface area contributed by atoms with Gasteiger partial charge in [0.1, 0.15) is 4.90 Å². The van der Waals surface area contributed by atoms with Crippen molar-refractivity contribution in [1.29, 1.82) is 0 Å². The molecular formula is C21H14F6N2O6S. The van der Waals surface area contributed by atoms with Gasteiger partial charge in [0.2, 0.25) is 5.69 Å². The highest BCUT2D eigenvalue weighted by Crippen LogP contribution is 2.37. The Labute approximate surface area is 198 Å². The van der Waals surface area contributed by atoms with Crippen LogP contribution in [0.2, 0.25) is 0 Å². The summed E-state index contributed by atoms with van der Waals surface area (Å²) in [5.74, 6) is -2.33. The fourth-order valence-electron chi connectivity index (χ4n) is 2.84. The standard InChI is InChI=1S/C21H14F6N2O6S/c1-2-34-19(31)18-16(11-17(30)29(28-18)14-6-4-3-5-7-14)35-36(32,33)15-9-12(20(22,23)24)8-13(10-15)21(25,26)27/h3-11H,2H2,1H3. The molecule has 0 spiro atoms. The normalized spacial score (nSPS) is 12.3. The molecule has 192 valence electrons. The number of aromatic nitrogens is 2. The maximum atomic E-state index is 13.1. The predicted molar refractivity (Wildman–Crippen MR) is 110 cm³/mol. The number of alkyl halides is 6. The van der Waals surface area contributed by atoms with Crippen LogP contribution in [0.4, 0.5) is 26.3 Å². The zero-order chi connectivity index (χ0) is 26.9. The fourth-order valence-corrected chi connectivity index (χ4v) is 3.84. The first-order valence-electron chi connectivity index (χ1n) is 9.74. The zero-order valence-electron chi connectivity index (χ0n) is 17.9. The van der Waals surface area contributed by atoms with E-state index in [1.807, 2.05) is 0 Å². The van der Waals surface area contributed by atoms with Crippen LogP contribution in [0.25, 0.3) is 5.69 Å². The van der Waals surface area contributed by atoms with Gasteiger partial charge in [0.25, 0.3) is 5.56 Å². The van der Waals surface area contributed by atoms with Crippen LogP contribution in [-0.2, 0) is 27.2 Å². The summed E-state index contributed by atoms with van der Waals surface area (Å²) in [7, 11) is -5.44. The van der Waals surface area contributed by atoms with Gasteiger partial charge in [-0.3, -0.25) is 4.79 Å². The lowest BCUT2D eigenvalue weighted by molar-refractivity contribution is -0.143. The van der Waals surface area contributed by atoms with Gasteiger partial charge < -0.3 is 8.92 Å². The summed E-state index contributed by atoms with van der Waals surface area (Å²) in [6.45, 7) is 1.17. The van der Waals surface area contributed by atoms with Crippen LogP contribution in [0.15, 0.2) is 64.3 Å². The van der Waals surface area contributed by atoms with Crippen molar-refractivity contribution in [2.75, 3.05) is 6.61 Å². The van der Waals surface area contributed by atoms with Crippen molar-refractivity contribution in [3.05, 3.63) is 81.8 Å². The third-order valence-electron chi connectivity index (χ3n) is 4.42. The summed E-state index contributed by atoms with van der Waals surface area (Å²) >= 11 is 0. The number of carbonyl (C=O) groups excluding carboxylic acids is 1. The molecule has 0 aliphatic heterocycles. The van der Waals surface area contributed by atoms with E-state index in [9.17, 15) is 44.3 Å². The Morgan fingerprint density at radius 1 is 0.944 bits per heavy atom. The second-order valence-corrected chi connectivity index (χ2v) is 8.49. The second-order valence-electron chi connectivity index (χ2n) is 6.94. The lowest BCUT2D eigenvalue weighted by atomic mass is 10.1. The molecule has 0 aliphatic rings. The van der Waals surface area contributed by atoms with E-state index in [0.717, 1.165) is 0 Å². The molecule has 8 nitrogen and oxygen atoms in total. The highest BCUT2D eigenvalue weighted by atomic mass is 32.2. The number of carbonyl (C=O) groups is 1. The SMILES string of the molecule is CCOC(=O)c1nn(-c2ccccc2)c(=O)cc1OS(=O)(=O)c1cc(C(F)(F)F)cc(C(F)(F)F)c1. The van der Waals surface area contributed by atoms with Crippen LogP contribution in [0.5, 0.6) is 5.75 Å². The van der Waals surface area contributed by atoms with Gasteiger partial charge >= 0.3 is 28.4 Å². The Morgan fingerprint density at radius 2 is 1.50 bits per heavy atom. The number of rotatable bonds is 6. The van der Waals surface area contributed by atoms with Gasteiger partial charge in [0, 0.05) is 0 Å². The fraction of sp³-hybridized carbons (Fsp3) is 0.190. The van der Waals surface area contributed by atoms with E-state index in [2.05, 4.69) is 9.28 Å². The molecule has 3 rings (SSSR count). The minimum atomic E-state index is -5.44. The number of hydrogen-bond acceptors (Lipinski definition) is 7. The molecule has 0 aliphatic carbocycles. The van der Waals surface area contributed by atoms with Crippen LogP contribution in [0.3, 0.4) is 0 Å². The molecule has 2 aromatic carbocycles. The van der Waals surface area contributed by atoms with E-state index >= 15 is 0 Å². The highest BCUT2D eigenvalue weighted by molar-refractivity contribution is 7.87. The second kappa shape index (κ2) is 9.64. The predicted octanol–water partition coefficient (Wildman–Crippen LogP) is 4.21. The van der Waals surface area contributed by atoms with Crippen molar-refractivity contribution in [2.24, 2.45) is 0 Å². The van der Waals surface area contributed by atoms with E-state index < -0.39 is 61.5 Å². The van der Waals surface area contributed by atoms with Crippen LogP contribution in [0, 0.1) is 0 Å². The van der Waals surface area contributed by atoms with Crippen LogP contribution in [-0.4, -0.2) is 30.8 Å². The van der Waals surface area contributed by atoms with Gasteiger partial charge in [0.05, 0.1) is 29.5 Å². The molecule has 1 heterocycles. The quantitative estimate of drug-likeness (QED) is 0.264.